The number of rotatable bonds is 4. The molecule has 1 saturated carbocycles. The van der Waals surface area contributed by atoms with Crippen LogP contribution in [0.3, 0.4) is 0 Å². The van der Waals surface area contributed by atoms with Gasteiger partial charge in [-0.15, -0.1) is 0 Å². The van der Waals surface area contributed by atoms with Crippen LogP contribution in [0, 0.1) is 21.7 Å². The van der Waals surface area contributed by atoms with Crippen LogP contribution in [0.2, 0.25) is 0 Å². The lowest BCUT2D eigenvalue weighted by Crippen LogP contribution is -2.84. The second-order valence-electron chi connectivity index (χ2n) is 5.72. The van der Waals surface area contributed by atoms with Crippen molar-refractivity contribution in [1.82, 2.24) is 0 Å². The van der Waals surface area contributed by atoms with E-state index >= 15 is 0 Å². The van der Waals surface area contributed by atoms with E-state index in [1.807, 2.05) is 0 Å². The van der Waals surface area contributed by atoms with Crippen molar-refractivity contribution in [3.05, 3.63) is 0 Å². The first-order valence-electron chi connectivity index (χ1n) is 5.71. The fourth-order valence-electron chi connectivity index (χ4n) is 3.65. The molecule has 0 aliphatic heterocycles. The minimum atomic E-state index is -2.27. The molecule has 1 rings (SSSR count). The first kappa shape index (κ1) is 15.9. The van der Waals surface area contributed by atoms with Crippen LogP contribution in [0.15, 0.2) is 0 Å². The van der Waals surface area contributed by atoms with Crippen molar-refractivity contribution in [2.45, 2.75) is 27.7 Å². The van der Waals surface area contributed by atoms with Crippen LogP contribution in [-0.4, -0.2) is 44.3 Å². The van der Waals surface area contributed by atoms with Gasteiger partial charge >= 0.3 is 23.9 Å². The third kappa shape index (κ3) is 1.05. The standard InChI is InChI=1S/C12H16O8/c1-9(5(13)14)10(2,6(15)16)12(4,8(19)20)11(9,3)7(17)18/h1-4H3,(H,13,14)(H,15,16)(H,17,18)(H,19,20)/t9-,10-,11?,12?/m1/s1. The second kappa shape index (κ2) is 3.71. The lowest BCUT2D eigenvalue weighted by molar-refractivity contribution is -0.293. The van der Waals surface area contributed by atoms with Gasteiger partial charge in [0.2, 0.25) is 0 Å². The van der Waals surface area contributed by atoms with E-state index in [4.69, 9.17) is 0 Å². The van der Waals surface area contributed by atoms with Gasteiger partial charge in [-0.3, -0.25) is 19.2 Å². The highest BCUT2D eigenvalue weighted by Crippen LogP contribution is 2.78. The lowest BCUT2D eigenvalue weighted by Gasteiger charge is -2.70. The highest BCUT2D eigenvalue weighted by Gasteiger charge is 2.91. The Morgan fingerprint density at radius 2 is 0.600 bits per heavy atom. The summed E-state index contributed by atoms with van der Waals surface area (Å²) in [6.45, 7) is 3.84. The van der Waals surface area contributed by atoms with E-state index in [1.54, 1.807) is 0 Å². The van der Waals surface area contributed by atoms with Crippen molar-refractivity contribution in [2.24, 2.45) is 21.7 Å². The Morgan fingerprint density at radius 3 is 0.650 bits per heavy atom. The van der Waals surface area contributed by atoms with Crippen LogP contribution in [0.5, 0.6) is 0 Å². The monoisotopic (exact) mass is 288 g/mol. The fraction of sp³-hybridized carbons (Fsp3) is 0.667. The maximum Gasteiger partial charge on any atom is 0.311 e. The third-order valence-electron chi connectivity index (χ3n) is 5.71. The molecule has 1 aliphatic carbocycles. The van der Waals surface area contributed by atoms with E-state index in [1.165, 1.54) is 0 Å². The predicted octanol–water partition coefficient (Wildman–Crippen LogP) is 0.364. The topological polar surface area (TPSA) is 149 Å². The van der Waals surface area contributed by atoms with E-state index in [2.05, 4.69) is 0 Å². The molecular weight excluding hydrogens is 272 g/mol. The van der Waals surface area contributed by atoms with Gasteiger partial charge in [-0.1, -0.05) is 0 Å². The van der Waals surface area contributed by atoms with Gasteiger partial charge in [-0.05, 0) is 27.7 Å². The number of hydrogen-bond donors (Lipinski definition) is 4. The summed E-state index contributed by atoms with van der Waals surface area (Å²) in [4.78, 5) is 46.1. The van der Waals surface area contributed by atoms with Crippen molar-refractivity contribution >= 4 is 23.9 Å². The molecule has 0 saturated heterocycles. The van der Waals surface area contributed by atoms with Gasteiger partial charge < -0.3 is 20.4 Å². The molecule has 0 aromatic rings. The van der Waals surface area contributed by atoms with Crippen LogP contribution >= 0.6 is 0 Å². The minimum Gasteiger partial charge on any atom is -0.481 e. The number of carbonyl (C=O) groups is 4. The third-order valence-corrected chi connectivity index (χ3v) is 5.71. The Morgan fingerprint density at radius 1 is 0.500 bits per heavy atom. The zero-order valence-corrected chi connectivity index (χ0v) is 11.4. The normalized spacial score (nSPS) is 43.4. The molecule has 4 N–H and O–H groups in total. The Balaban J connectivity index is 3.86. The van der Waals surface area contributed by atoms with Gasteiger partial charge in [-0.2, -0.15) is 0 Å². The maximum absolute atomic E-state index is 11.5. The van der Waals surface area contributed by atoms with Crippen molar-refractivity contribution < 1.29 is 39.6 Å². The summed E-state index contributed by atoms with van der Waals surface area (Å²) < 4.78 is 0. The first-order valence-corrected chi connectivity index (χ1v) is 5.71. The van der Waals surface area contributed by atoms with E-state index < -0.39 is 45.5 Å². The molecule has 0 atom stereocenters. The van der Waals surface area contributed by atoms with Crippen molar-refractivity contribution in [1.29, 1.82) is 0 Å². The highest BCUT2D eigenvalue weighted by molar-refractivity contribution is 6.05. The molecule has 112 valence electrons. The van der Waals surface area contributed by atoms with Crippen LogP contribution < -0.4 is 0 Å². The molecule has 1 aliphatic rings. The molecule has 8 nitrogen and oxygen atoms in total. The molecule has 20 heavy (non-hydrogen) atoms. The van der Waals surface area contributed by atoms with E-state index in [0.29, 0.717) is 0 Å². The SMILES string of the molecule is CC1(C(=O)O)C(C)(C(=O)O)[C@](C)(C(=O)O)[C@@]1(C)C(=O)O. The molecule has 0 unspecified atom stereocenters. The predicted molar refractivity (Wildman–Crippen MR) is 63.0 cm³/mol. The summed E-state index contributed by atoms with van der Waals surface area (Å²) in [6, 6.07) is 0. The fourth-order valence-corrected chi connectivity index (χ4v) is 3.65. The molecular formula is C12H16O8. The van der Waals surface area contributed by atoms with Gasteiger partial charge in [0, 0.05) is 0 Å². The average molecular weight is 288 g/mol. The molecule has 1 fully saturated rings. The van der Waals surface area contributed by atoms with E-state index in [-0.39, 0.29) is 0 Å². The molecule has 0 radical (unpaired) electrons. The van der Waals surface area contributed by atoms with Gasteiger partial charge in [0.1, 0.15) is 0 Å². The first-order chi connectivity index (χ1) is 8.77. The molecule has 0 aromatic heterocycles. The van der Waals surface area contributed by atoms with Crippen LogP contribution in [-0.2, 0) is 19.2 Å². The molecule has 0 bridgehead atoms. The van der Waals surface area contributed by atoms with Crippen molar-refractivity contribution in [3.8, 4) is 0 Å². The molecule has 0 amide bonds. The average Bonchev–Trinajstić information content (AvgIpc) is 2.33. The number of aliphatic carboxylic acids is 4. The van der Waals surface area contributed by atoms with Gasteiger partial charge in [0.25, 0.3) is 0 Å². The molecule has 0 spiro atoms. The summed E-state index contributed by atoms with van der Waals surface area (Å²) in [5, 5.41) is 37.4. The number of carboxylic acid groups (broad SMARTS) is 4. The molecule has 0 aromatic carbocycles. The highest BCUT2D eigenvalue weighted by atomic mass is 16.4. The van der Waals surface area contributed by atoms with Crippen molar-refractivity contribution in [2.75, 3.05) is 0 Å². The van der Waals surface area contributed by atoms with Gasteiger partial charge in [-0.25, -0.2) is 0 Å². The number of carboxylic acids is 4. The lowest BCUT2D eigenvalue weighted by atomic mass is 9.26. The Bertz CT molecular complexity index is 428. The summed E-state index contributed by atoms with van der Waals surface area (Å²) in [5.41, 5.74) is -9.09. The van der Waals surface area contributed by atoms with E-state index in [9.17, 15) is 39.6 Å². The summed E-state index contributed by atoms with van der Waals surface area (Å²) in [5.74, 6) is -6.64. The summed E-state index contributed by atoms with van der Waals surface area (Å²) in [7, 11) is 0. The Labute approximate surface area is 114 Å². The van der Waals surface area contributed by atoms with Gasteiger partial charge in [0.05, 0.1) is 21.7 Å². The van der Waals surface area contributed by atoms with Crippen LogP contribution in [0.1, 0.15) is 27.7 Å². The maximum atomic E-state index is 11.5. The molecule has 8 heteroatoms. The largest absolute Gasteiger partial charge is 0.481 e. The quantitative estimate of drug-likeness (QED) is 0.579. The van der Waals surface area contributed by atoms with E-state index in [0.717, 1.165) is 27.7 Å². The zero-order chi connectivity index (χ0) is 16.3. The Hall–Kier alpha value is -2.12. The molecule has 0 heterocycles. The Kier molecular flexibility index (Phi) is 2.95. The number of hydrogen-bond acceptors (Lipinski definition) is 4. The van der Waals surface area contributed by atoms with Crippen LogP contribution in [0.25, 0.3) is 0 Å². The van der Waals surface area contributed by atoms with Gasteiger partial charge in [0.15, 0.2) is 0 Å². The van der Waals surface area contributed by atoms with Crippen molar-refractivity contribution in [3.63, 3.8) is 0 Å². The zero-order valence-electron chi connectivity index (χ0n) is 11.4. The second-order valence-corrected chi connectivity index (χ2v) is 5.72. The van der Waals surface area contributed by atoms with Crippen LogP contribution in [0.4, 0.5) is 0 Å². The minimum absolute atomic E-state index is 0.961. The summed E-state index contributed by atoms with van der Waals surface area (Å²) >= 11 is 0. The smallest absolute Gasteiger partial charge is 0.311 e. The summed E-state index contributed by atoms with van der Waals surface area (Å²) in [6.07, 6.45) is 0.